The van der Waals surface area contributed by atoms with E-state index in [9.17, 15) is 9.59 Å². The number of rotatable bonds is 3. The molecule has 1 aromatic carbocycles. The molecule has 0 radical (unpaired) electrons. The lowest BCUT2D eigenvalue weighted by Crippen LogP contribution is -2.16. The van der Waals surface area contributed by atoms with E-state index in [1.54, 1.807) is 19.1 Å². The topological polar surface area (TPSA) is 105 Å². The summed E-state index contributed by atoms with van der Waals surface area (Å²) in [6, 6.07) is 5.95. The van der Waals surface area contributed by atoms with E-state index in [1.807, 2.05) is 0 Å². The van der Waals surface area contributed by atoms with Gasteiger partial charge in [-0.05, 0) is 24.6 Å². The van der Waals surface area contributed by atoms with E-state index in [0.717, 1.165) is 0 Å². The molecule has 7 nitrogen and oxygen atoms in total. The Labute approximate surface area is 107 Å². The van der Waals surface area contributed by atoms with Crippen molar-refractivity contribution in [2.75, 3.05) is 6.61 Å². The molecular weight excluding hydrogens is 250 g/mol. The van der Waals surface area contributed by atoms with Crippen molar-refractivity contribution < 1.29 is 13.9 Å². The third-order valence-corrected chi connectivity index (χ3v) is 2.38. The Balaban J connectivity index is 2.58. The van der Waals surface area contributed by atoms with E-state index >= 15 is 0 Å². The molecule has 0 saturated carbocycles. The first-order valence-electron chi connectivity index (χ1n) is 5.46. The Hall–Kier alpha value is -2.79. The molecular formula is C12H9N3O4. The molecule has 1 heterocycles. The number of benzene rings is 1. The molecule has 2 rings (SSSR count). The van der Waals surface area contributed by atoms with E-state index in [4.69, 9.17) is 14.7 Å². The SMILES string of the molecule is CCOC(=O)c1cc2ccc(N=[N+]=[N-])cc2oc1=O. The van der Waals surface area contributed by atoms with E-state index < -0.39 is 11.6 Å². The number of fused-ring (bicyclic) bond motifs is 1. The molecule has 0 unspecified atom stereocenters. The van der Waals surface area contributed by atoms with Gasteiger partial charge in [-0.2, -0.15) is 0 Å². The summed E-state index contributed by atoms with van der Waals surface area (Å²) in [4.78, 5) is 25.8. The van der Waals surface area contributed by atoms with Crippen molar-refractivity contribution in [3.8, 4) is 0 Å². The third-order valence-electron chi connectivity index (χ3n) is 2.38. The summed E-state index contributed by atoms with van der Waals surface area (Å²) in [5.41, 5.74) is 7.94. The second-order valence-corrected chi connectivity index (χ2v) is 3.58. The summed E-state index contributed by atoms with van der Waals surface area (Å²) >= 11 is 0. The lowest BCUT2D eigenvalue weighted by Gasteiger charge is -2.02. The van der Waals surface area contributed by atoms with Crippen LogP contribution in [0.4, 0.5) is 5.69 Å². The van der Waals surface area contributed by atoms with Gasteiger partial charge in [-0.15, -0.1) is 0 Å². The second-order valence-electron chi connectivity index (χ2n) is 3.58. The van der Waals surface area contributed by atoms with Gasteiger partial charge in [0.25, 0.3) is 0 Å². The highest BCUT2D eigenvalue weighted by Crippen LogP contribution is 2.21. The van der Waals surface area contributed by atoms with Crippen molar-refractivity contribution in [3.63, 3.8) is 0 Å². The molecule has 0 aliphatic heterocycles. The zero-order valence-corrected chi connectivity index (χ0v) is 9.99. The van der Waals surface area contributed by atoms with Crippen LogP contribution in [0.1, 0.15) is 17.3 Å². The van der Waals surface area contributed by atoms with Crippen LogP contribution in [0.5, 0.6) is 0 Å². The highest BCUT2D eigenvalue weighted by atomic mass is 16.5. The predicted molar refractivity (Wildman–Crippen MR) is 67.2 cm³/mol. The molecule has 0 amide bonds. The number of esters is 1. The van der Waals surface area contributed by atoms with Gasteiger partial charge in [0.1, 0.15) is 11.1 Å². The number of nitrogens with zero attached hydrogens (tertiary/aromatic N) is 3. The van der Waals surface area contributed by atoms with Crippen LogP contribution in [-0.2, 0) is 4.74 Å². The molecule has 96 valence electrons. The number of carbonyl (C=O) groups excluding carboxylic acids is 1. The van der Waals surface area contributed by atoms with E-state index in [-0.39, 0.29) is 17.8 Å². The molecule has 0 aliphatic carbocycles. The first-order chi connectivity index (χ1) is 9.15. The molecule has 7 heteroatoms. The molecule has 2 aromatic rings. The number of hydrogen-bond acceptors (Lipinski definition) is 5. The Morgan fingerprint density at radius 3 is 2.95 bits per heavy atom. The highest BCUT2D eigenvalue weighted by Gasteiger charge is 2.14. The minimum Gasteiger partial charge on any atom is -0.462 e. The fourth-order valence-corrected chi connectivity index (χ4v) is 1.56. The zero-order valence-electron chi connectivity index (χ0n) is 9.99. The first-order valence-corrected chi connectivity index (χ1v) is 5.46. The monoisotopic (exact) mass is 259 g/mol. The van der Waals surface area contributed by atoms with Crippen molar-refractivity contribution >= 4 is 22.6 Å². The minimum absolute atomic E-state index is 0.161. The van der Waals surface area contributed by atoms with Crippen LogP contribution in [0.2, 0.25) is 0 Å². The molecule has 0 bridgehead atoms. The normalized spacial score (nSPS) is 9.95. The summed E-state index contributed by atoms with van der Waals surface area (Å²) in [7, 11) is 0. The fourth-order valence-electron chi connectivity index (χ4n) is 1.56. The van der Waals surface area contributed by atoms with Crippen molar-refractivity contribution in [2.24, 2.45) is 5.11 Å². The van der Waals surface area contributed by atoms with E-state index in [1.165, 1.54) is 12.1 Å². The minimum atomic E-state index is -0.788. The van der Waals surface area contributed by atoms with Crippen LogP contribution >= 0.6 is 0 Å². The van der Waals surface area contributed by atoms with Gasteiger partial charge in [-0.25, -0.2) is 9.59 Å². The molecule has 0 spiro atoms. The summed E-state index contributed by atoms with van der Waals surface area (Å²) in [6.45, 7) is 1.82. The smallest absolute Gasteiger partial charge is 0.351 e. The lowest BCUT2D eigenvalue weighted by atomic mass is 10.2. The molecule has 0 N–H and O–H groups in total. The van der Waals surface area contributed by atoms with Gasteiger partial charge in [-0.1, -0.05) is 17.2 Å². The van der Waals surface area contributed by atoms with E-state index in [2.05, 4.69) is 10.0 Å². The summed E-state index contributed by atoms with van der Waals surface area (Å²) in [5, 5.41) is 3.94. The average molecular weight is 259 g/mol. The molecule has 1 aromatic heterocycles. The maximum absolute atomic E-state index is 11.6. The lowest BCUT2D eigenvalue weighted by molar-refractivity contribution is 0.0522. The molecule has 0 saturated heterocycles. The van der Waals surface area contributed by atoms with Crippen molar-refractivity contribution in [1.29, 1.82) is 0 Å². The Bertz CT molecular complexity index is 744. The van der Waals surface area contributed by atoms with Gasteiger partial charge in [-0.3, -0.25) is 0 Å². The standard InChI is InChI=1S/C12H9N3O4/c1-2-18-11(16)9-5-7-3-4-8(14-15-13)6-10(7)19-12(9)17/h3-6H,2H2,1H3. The van der Waals surface area contributed by atoms with Gasteiger partial charge >= 0.3 is 11.6 Å². The maximum Gasteiger partial charge on any atom is 0.351 e. The number of carbonyl (C=O) groups is 1. The Morgan fingerprint density at radius 1 is 1.47 bits per heavy atom. The largest absolute Gasteiger partial charge is 0.462 e. The predicted octanol–water partition coefficient (Wildman–Crippen LogP) is 2.91. The van der Waals surface area contributed by atoms with Crippen LogP contribution in [-0.4, -0.2) is 12.6 Å². The van der Waals surface area contributed by atoms with Crippen LogP contribution in [0, 0.1) is 0 Å². The van der Waals surface area contributed by atoms with Crippen LogP contribution in [0.25, 0.3) is 21.4 Å². The first kappa shape index (κ1) is 12.7. The van der Waals surface area contributed by atoms with Crippen LogP contribution in [0.15, 0.2) is 38.6 Å². The van der Waals surface area contributed by atoms with Gasteiger partial charge in [0.05, 0.1) is 6.61 Å². The van der Waals surface area contributed by atoms with Gasteiger partial charge < -0.3 is 9.15 Å². The van der Waals surface area contributed by atoms with Crippen molar-refractivity contribution in [3.05, 3.63) is 50.7 Å². The number of azide groups is 1. The van der Waals surface area contributed by atoms with Gasteiger partial charge in [0, 0.05) is 16.0 Å². The van der Waals surface area contributed by atoms with Gasteiger partial charge in [0.2, 0.25) is 0 Å². The highest BCUT2D eigenvalue weighted by molar-refractivity contribution is 5.93. The third kappa shape index (κ3) is 2.56. The fraction of sp³-hybridized carbons (Fsp3) is 0.167. The second kappa shape index (κ2) is 5.24. The average Bonchev–Trinajstić information content (AvgIpc) is 2.38. The quantitative estimate of drug-likeness (QED) is 0.277. The summed E-state index contributed by atoms with van der Waals surface area (Å²) < 4.78 is 9.76. The summed E-state index contributed by atoms with van der Waals surface area (Å²) in [6.07, 6.45) is 0. The molecule has 0 atom stereocenters. The molecule has 0 fully saturated rings. The Morgan fingerprint density at radius 2 is 2.26 bits per heavy atom. The molecule has 19 heavy (non-hydrogen) atoms. The van der Waals surface area contributed by atoms with Gasteiger partial charge in [0.15, 0.2) is 0 Å². The number of ether oxygens (including phenoxy) is 1. The maximum atomic E-state index is 11.6. The number of hydrogen-bond donors (Lipinski definition) is 0. The van der Waals surface area contributed by atoms with Crippen LogP contribution < -0.4 is 5.63 Å². The van der Waals surface area contributed by atoms with E-state index in [0.29, 0.717) is 11.1 Å². The summed E-state index contributed by atoms with van der Waals surface area (Å²) in [5.74, 6) is -0.725. The Kier molecular flexibility index (Phi) is 3.49. The zero-order chi connectivity index (χ0) is 13.8. The van der Waals surface area contributed by atoms with Crippen LogP contribution in [0.3, 0.4) is 0 Å². The molecule has 0 aliphatic rings. The van der Waals surface area contributed by atoms with Crippen molar-refractivity contribution in [2.45, 2.75) is 6.92 Å². The van der Waals surface area contributed by atoms with Crippen molar-refractivity contribution in [1.82, 2.24) is 0 Å².